The summed E-state index contributed by atoms with van der Waals surface area (Å²) in [7, 11) is 1.75. The molecule has 4 nitrogen and oxygen atoms in total. The molecule has 2 heterocycles. The zero-order valence-electron chi connectivity index (χ0n) is 13.3. The molecule has 0 N–H and O–H groups in total. The van der Waals surface area contributed by atoms with Crippen molar-refractivity contribution in [1.82, 2.24) is 14.7 Å². The van der Waals surface area contributed by atoms with Crippen LogP contribution in [0.4, 0.5) is 8.78 Å². The van der Waals surface area contributed by atoms with Crippen LogP contribution in [0.1, 0.15) is 47.8 Å². The van der Waals surface area contributed by atoms with Crippen LogP contribution in [0, 0.1) is 11.6 Å². The second kappa shape index (κ2) is 6.89. The van der Waals surface area contributed by atoms with E-state index < -0.39 is 23.1 Å². The number of nitrogens with zero attached hydrogens (tertiary/aromatic N) is 3. The Morgan fingerprint density at radius 2 is 1.96 bits per heavy atom. The standard InChI is InChI=1S/C17H18ClF2N3O/c1-22-16(11(18)10-21-22)14-8-3-2-4-9-23(14)17(24)15-12(19)6-5-7-13(15)20/h5-7,10,14H,2-4,8-9H2,1H3. The number of carbonyl (C=O) groups is 1. The number of benzene rings is 1. The van der Waals surface area contributed by atoms with Gasteiger partial charge in [-0.05, 0) is 25.0 Å². The molecular formula is C17H18ClF2N3O. The fourth-order valence-corrected chi connectivity index (χ4v) is 3.57. The Kier molecular flexibility index (Phi) is 4.85. The third-order valence-electron chi connectivity index (χ3n) is 4.44. The highest BCUT2D eigenvalue weighted by atomic mass is 35.5. The number of rotatable bonds is 2. The summed E-state index contributed by atoms with van der Waals surface area (Å²) < 4.78 is 29.7. The lowest BCUT2D eigenvalue weighted by molar-refractivity contribution is 0.0663. The Morgan fingerprint density at radius 1 is 1.25 bits per heavy atom. The number of likely N-dealkylation sites (tertiary alicyclic amines) is 1. The molecule has 1 atom stereocenters. The van der Waals surface area contributed by atoms with E-state index in [0.29, 0.717) is 23.7 Å². The molecule has 3 rings (SSSR count). The van der Waals surface area contributed by atoms with Crippen molar-refractivity contribution in [3.63, 3.8) is 0 Å². The van der Waals surface area contributed by atoms with Gasteiger partial charge in [0.15, 0.2) is 0 Å². The topological polar surface area (TPSA) is 38.1 Å². The molecule has 1 aliphatic rings. The maximum absolute atomic E-state index is 14.1. The minimum atomic E-state index is -0.848. The van der Waals surface area contributed by atoms with Crippen molar-refractivity contribution in [2.24, 2.45) is 7.05 Å². The van der Waals surface area contributed by atoms with Crippen LogP contribution in [-0.2, 0) is 7.05 Å². The molecule has 1 aromatic heterocycles. The van der Waals surface area contributed by atoms with Crippen molar-refractivity contribution in [3.05, 3.63) is 52.3 Å². The van der Waals surface area contributed by atoms with E-state index in [1.54, 1.807) is 11.7 Å². The Balaban J connectivity index is 2.03. The first-order valence-corrected chi connectivity index (χ1v) is 8.31. The van der Waals surface area contributed by atoms with Crippen LogP contribution in [0.2, 0.25) is 5.02 Å². The van der Waals surface area contributed by atoms with Gasteiger partial charge in [0.05, 0.1) is 23.0 Å². The lowest BCUT2D eigenvalue weighted by Gasteiger charge is -2.30. The van der Waals surface area contributed by atoms with Crippen LogP contribution in [0.15, 0.2) is 24.4 Å². The fourth-order valence-electron chi connectivity index (χ4n) is 3.28. The zero-order chi connectivity index (χ0) is 17.3. The van der Waals surface area contributed by atoms with Gasteiger partial charge in [0.25, 0.3) is 5.91 Å². The molecular weight excluding hydrogens is 336 g/mol. The molecule has 1 aromatic carbocycles. The summed E-state index contributed by atoms with van der Waals surface area (Å²) in [6, 6.07) is 3.10. The van der Waals surface area contributed by atoms with Gasteiger partial charge in [-0.2, -0.15) is 5.10 Å². The minimum absolute atomic E-state index is 0.348. The number of aryl methyl sites for hydroxylation is 1. The minimum Gasteiger partial charge on any atom is -0.330 e. The molecule has 1 fully saturated rings. The first-order chi connectivity index (χ1) is 11.5. The van der Waals surface area contributed by atoms with Crippen LogP contribution >= 0.6 is 11.6 Å². The highest BCUT2D eigenvalue weighted by Gasteiger charge is 2.33. The maximum atomic E-state index is 14.1. The van der Waals surface area contributed by atoms with E-state index in [-0.39, 0.29) is 6.04 Å². The summed E-state index contributed by atoms with van der Waals surface area (Å²) in [6.45, 7) is 0.429. The lowest BCUT2D eigenvalue weighted by atomic mass is 10.0. The molecule has 0 spiro atoms. The van der Waals surface area contributed by atoms with Crippen LogP contribution in [0.25, 0.3) is 0 Å². The average molecular weight is 354 g/mol. The second-order valence-corrected chi connectivity index (χ2v) is 6.37. The smallest absolute Gasteiger partial charge is 0.260 e. The van der Waals surface area contributed by atoms with Gasteiger partial charge in [-0.15, -0.1) is 0 Å². The summed E-state index contributed by atoms with van der Waals surface area (Å²) in [4.78, 5) is 14.4. The molecule has 1 saturated heterocycles. The van der Waals surface area contributed by atoms with Crippen LogP contribution in [0.3, 0.4) is 0 Å². The van der Waals surface area contributed by atoms with Crippen molar-refractivity contribution in [2.45, 2.75) is 31.7 Å². The van der Waals surface area contributed by atoms with E-state index in [1.165, 1.54) is 17.2 Å². The monoisotopic (exact) mass is 353 g/mol. The van der Waals surface area contributed by atoms with E-state index >= 15 is 0 Å². The van der Waals surface area contributed by atoms with Gasteiger partial charge < -0.3 is 4.90 Å². The number of halogens is 3. The predicted octanol–water partition coefficient (Wildman–Crippen LogP) is 4.11. The van der Waals surface area contributed by atoms with Crippen molar-refractivity contribution < 1.29 is 13.6 Å². The van der Waals surface area contributed by atoms with Gasteiger partial charge in [0, 0.05) is 13.6 Å². The van der Waals surface area contributed by atoms with E-state index in [1.807, 2.05) is 0 Å². The molecule has 1 unspecified atom stereocenters. The van der Waals surface area contributed by atoms with Crippen LogP contribution in [-0.4, -0.2) is 27.1 Å². The fraction of sp³-hybridized carbons (Fsp3) is 0.412. The van der Waals surface area contributed by atoms with E-state index in [9.17, 15) is 13.6 Å². The van der Waals surface area contributed by atoms with Crippen LogP contribution < -0.4 is 0 Å². The van der Waals surface area contributed by atoms with E-state index in [4.69, 9.17) is 11.6 Å². The Bertz CT molecular complexity index is 723. The van der Waals surface area contributed by atoms with Crippen molar-refractivity contribution in [2.75, 3.05) is 6.54 Å². The Hall–Kier alpha value is -1.95. The SMILES string of the molecule is Cn1ncc(Cl)c1C1CCCCCN1C(=O)c1c(F)cccc1F. The quantitative estimate of drug-likeness (QED) is 0.815. The first kappa shape index (κ1) is 16.9. The largest absolute Gasteiger partial charge is 0.330 e. The third kappa shape index (κ3) is 3.02. The number of hydrogen-bond acceptors (Lipinski definition) is 2. The third-order valence-corrected chi connectivity index (χ3v) is 4.73. The molecule has 24 heavy (non-hydrogen) atoms. The van der Waals surface area contributed by atoms with Crippen molar-refractivity contribution >= 4 is 17.5 Å². The van der Waals surface area contributed by atoms with Gasteiger partial charge in [-0.25, -0.2) is 8.78 Å². The summed E-state index contributed by atoms with van der Waals surface area (Å²) in [5, 5.41) is 4.58. The number of hydrogen-bond donors (Lipinski definition) is 0. The van der Waals surface area contributed by atoms with Gasteiger partial charge in [-0.3, -0.25) is 9.48 Å². The summed E-state index contributed by atoms with van der Waals surface area (Å²) >= 11 is 6.24. The van der Waals surface area contributed by atoms with E-state index in [0.717, 1.165) is 31.4 Å². The molecule has 0 aliphatic carbocycles. The van der Waals surface area contributed by atoms with Crippen molar-refractivity contribution in [1.29, 1.82) is 0 Å². The van der Waals surface area contributed by atoms with E-state index in [2.05, 4.69) is 5.10 Å². The number of aromatic nitrogens is 2. The lowest BCUT2D eigenvalue weighted by Crippen LogP contribution is -2.36. The van der Waals surface area contributed by atoms with Gasteiger partial charge >= 0.3 is 0 Å². The molecule has 1 amide bonds. The first-order valence-electron chi connectivity index (χ1n) is 7.93. The molecule has 0 radical (unpaired) electrons. The van der Waals surface area contributed by atoms with Gasteiger partial charge in [-0.1, -0.05) is 30.5 Å². The molecule has 2 aromatic rings. The van der Waals surface area contributed by atoms with Crippen LogP contribution in [0.5, 0.6) is 0 Å². The molecule has 7 heteroatoms. The van der Waals surface area contributed by atoms with Gasteiger partial charge in [0.1, 0.15) is 17.2 Å². The molecule has 0 saturated carbocycles. The summed E-state index contributed by atoms with van der Waals surface area (Å²) in [5.74, 6) is -2.34. The average Bonchev–Trinajstić information content (AvgIpc) is 2.75. The molecule has 0 bridgehead atoms. The Labute approximate surface area is 144 Å². The molecule has 128 valence electrons. The Morgan fingerprint density at radius 3 is 2.58 bits per heavy atom. The summed E-state index contributed by atoms with van der Waals surface area (Å²) in [6.07, 6.45) is 4.86. The predicted molar refractivity (Wildman–Crippen MR) is 86.8 cm³/mol. The molecule has 1 aliphatic heterocycles. The number of amides is 1. The maximum Gasteiger partial charge on any atom is 0.260 e. The second-order valence-electron chi connectivity index (χ2n) is 5.96. The highest BCUT2D eigenvalue weighted by molar-refractivity contribution is 6.31. The normalized spacial score (nSPS) is 18.5. The highest BCUT2D eigenvalue weighted by Crippen LogP contribution is 2.35. The number of carbonyl (C=O) groups excluding carboxylic acids is 1. The zero-order valence-corrected chi connectivity index (χ0v) is 14.1. The van der Waals surface area contributed by atoms with Gasteiger partial charge in [0.2, 0.25) is 0 Å². The summed E-state index contributed by atoms with van der Waals surface area (Å²) in [5.41, 5.74) is 0.186. The van der Waals surface area contributed by atoms with Crippen molar-refractivity contribution in [3.8, 4) is 0 Å².